The van der Waals surface area contributed by atoms with Gasteiger partial charge in [-0.2, -0.15) is 0 Å². The Labute approximate surface area is 131 Å². The van der Waals surface area contributed by atoms with Crippen LogP contribution in [0.25, 0.3) is 10.4 Å². The lowest BCUT2D eigenvalue weighted by molar-refractivity contribution is -0.0786. The highest BCUT2D eigenvalue weighted by Gasteiger charge is 2.38. The third-order valence-electron chi connectivity index (χ3n) is 3.35. The molecular weight excluding hydrogens is 308 g/mol. The van der Waals surface area contributed by atoms with Crippen molar-refractivity contribution in [1.29, 1.82) is 0 Å². The molecular formula is C15H16O4S2. The van der Waals surface area contributed by atoms with E-state index in [9.17, 15) is 15.3 Å². The van der Waals surface area contributed by atoms with Crippen LogP contribution in [0.15, 0.2) is 41.8 Å². The van der Waals surface area contributed by atoms with Gasteiger partial charge in [0.15, 0.2) is 5.44 Å². The predicted molar refractivity (Wildman–Crippen MR) is 84.6 cm³/mol. The second-order valence-electron chi connectivity index (χ2n) is 4.87. The van der Waals surface area contributed by atoms with E-state index >= 15 is 0 Å². The van der Waals surface area contributed by atoms with Gasteiger partial charge in [0.05, 0.1) is 6.10 Å². The summed E-state index contributed by atoms with van der Waals surface area (Å²) in [5.41, 5.74) is 0.473. The molecule has 21 heavy (non-hydrogen) atoms. The second-order valence-corrected chi connectivity index (χ2v) is 6.95. The minimum absolute atomic E-state index is 0.341. The van der Waals surface area contributed by atoms with Crippen molar-refractivity contribution in [2.24, 2.45) is 0 Å². The molecule has 6 heteroatoms. The third kappa shape index (κ3) is 3.25. The highest BCUT2D eigenvalue weighted by atomic mass is 32.2. The Bertz CT molecular complexity index is 587. The molecule has 112 valence electrons. The minimum Gasteiger partial charge on any atom is -0.477 e. The molecule has 4 atom stereocenters. The van der Waals surface area contributed by atoms with E-state index < -0.39 is 23.7 Å². The molecule has 1 aliphatic heterocycles. The highest BCUT2D eigenvalue weighted by molar-refractivity contribution is 7.99. The summed E-state index contributed by atoms with van der Waals surface area (Å²) in [6.07, 6.45) is -3.19. The quantitative estimate of drug-likeness (QED) is 0.805. The van der Waals surface area contributed by atoms with Crippen LogP contribution in [0.4, 0.5) is 0 Å². The molecule has 0 unspecified atom stereocenters. The van der Waals surface area contributed by atoms with Gasteiger partial charge >= 0.3 is 0 Å². The van der Waals surface area contributed by atoms with E-state index in [0.717, 1.165) is 10.4 Å². The smallest absolute Gasteiger partial charge is 0.173 e. The lowest BCUT2D eigenvalue weighted by Crippen LogP contribution is -2.50. The van der Waals surface area contributed by atoms with Gasteiger partial charge in [0.1, 0.15) is 18.0 Å². The molecule has 0 amide bonds. The predicted octanol–water partition coefficient (Wildman–Crippen LogP) is 1.95. The van der Waals surface area contributed by atoms with Gasteiger partial charge in [0.2, 0.25) is 0 Å². The average molecular weight is 324 g/mol. The fourth-order valence-corrected chi connectivity index (χ4v) is 4.03. The number of rotatable bonds is 3. The van der Waals surface area contributed by atoms with Crippen LogP contribution in [-0.2, 0) is 0 Å². The molecule has 2 heterocycles. The van der Waals surface area contributed by atoms with Gasteiger partial charge in [0, 0.05) is 10.6 Å². The van der Waals surface area contributed by atoms with Gasteiger partial charge in [-0.3, -0.25) is 0 Å². The Morgan fingerprint density at radius 1 is 1.05 bits per heavy atom. The van der Waals surface area contributed by atoms with Crippen molar-refractivity contribution in [3.05, 3.63) is 41.8 Å². The molecule has 3 N–H and O–H groups in total. The first-order valence-electron chi connectivity index (χ1n) is 6.61. The summed E-state index contributed by atoms with van der Waals surface area (Å²) in [6.45, 7) is 0. The van der Waals surface area contributed by atoms with Crippen LogP contribution < -0.4 is 4.74 Å². The zero-order chi connectivity index (χ0) is 14.8. The van der Waals surface area contributed by atoms with Crippen molar-refractivity contribution in [3.63, 3.8) is 0 Å². The lowest BCUT2D eigenvalue weighted by Gasteiger charge is -2.34. The highest BCUT2D eigenvalue weighted by Crippen LogP contribution is 2.32. The van der Waals surface area contributed by atoms with Gasteiger partial charge in [-0.15, -0.1) is 23.1 Å². The molecule has 0 bridgehead atoms. The van der Waals surface area contributed by atoms with Crippen LogP contribution in [-0.4, -0.2) is 44.8 Å². The SMILES string of the molecule is O[C@@H]1[C@@H](O)[C@@H](Oc2cccc(-c3cccs3)c2)SC[C@H]1O. The first-order valence-corrected chi connectivity index (χ1v) is 8.54. The maximum Gasteiger partial charge on any atom is 0.173 e. The molecule has 1 aromatic heterocycles. The van der Waals surface area contributed by atoms with Crippen LogP contribution in [0.3, 0.4) is 0 Å². The average Bonchev–Trinajstić information content (AvgIpc) is 3.03. The Balaban J connectivity index is 1.75. The fourth-order valence-electron chi connectivity index (χ4n) is 2.18. The summed E-state index contributed by atoms with van der Waals surface area (Å²) >= 11 is 2.95. The normalized spacial score (nSPS) is 29.3. The van der Waals surface area contributed by atoms with Gasteiger partial charge in [-0.05, 0) is 29.1 Å². The van der Waals surface area contributed by atoms with Gasteiger partial charge in [0.25, 0.3) is 0 Å². The Hall–Kier alpha value is -1.05. The van der Waals surface area contributed by atoms with E-state index in [4.69, 9.17) is 4.74 Å². The summed E-state index contributed by atoms with van der Waals surface area (Å²) < 4.78 is 5.77. The standard InChI is InChI=1S/C15H16O4S2/c16-11-8-21-15(14(18)13(11)17)19-10-4-1-3-9(7-10)12-5-2-6-20-12/h1-7,11,13-18H,8H2/t11-,13+,14-,15+/m1/s1. The van der Waals surface area contributed by atoms with Crippen LogP contribution in [0.2, 0.25) is 0 Å². The number of hydrogen-bond donors (Lipinski definition) is 3. The van der Waals surface area contributed by atoms with Gasteiger partial charge in [-0.1, -0.05) is 18.2 Å². The second kappa shape index (κ2) is 6.37. The summed E-state index contributed by atoms with van der Waals surface area (Å²) in [6, 6.07) is 11.7. The zero-order valence-corrected chi connectivity index (χ0v) is 12.8. The van der Waals surface area contributed by atoms with Crippen LogP contribution >= 0.6 is 23.1 Å². The van der Waals surface area contributed by atoms with E-state index in [1.165, 1.54) is 11.8 Å². The minimum atomic E-state index is -1.17. The van der Waals surface area contributed by atoms with Crippen molar-refractivity contribution in [2.45, 2.75) is 23.7 Å². The van der Waals surface area contributed by atoms with Crippen LogP contribution in [0, 0.1) is 0 Å². The molecule has 0 radical (unpaired) electrons. The Kier molecular flexibility index (Phi) is 4.51. The van der Waals surface area contributed by atoms with Crippen molar-refractivity contribution in [1.82, 2.24) is 0 Å². The molecule has 3 rings (SSSR count). The topological polar surface area (TPSA) is 69.9 Å². The summed E-state index contributed by atoms with van der Waals surface area (Å²) in [5.74, 6) is 0.981. The van der Waals surface area contributed by atoms with Crippen molar-refractivity contribution >= 4 is 23.1 Å². The van der Waals surface area contributed by atoms with Gasteiger partial charge in [-0.25, -0.2) is 0 Å². The third-order valence-corrected chi connectivity index (χ3v) is 5.50. The number of thiophene rings is 1. The monoisotopic (exact) mass is 324 g/mol. The van der Waals surface area contributed by atoms with Crippen molar-refractivity contribution < 1.29 is 20.1 Å². The molecule has 2 aromatic rings. The molecule has 0 spiro atoms. The van der Waals surface area contributed by atoms with E-state index in [1.807, 2.05) is 41.8 Å². The number of benzene rings is 1. The van der Waals surface area contributed by atoms with Crippen LogP contribution in [0.5, 0.6) is 5.75 Å². The Morgan fingerprint density at radius 3 is 2.67 bits per heavy atom. The number of aliphatic hydroxyl groups is 3. The zero-order valence-electron chi connectivity index (χ0n) is 11.1. The summed E-state index contributed by atoms with van der Waals surface area (Å²) in [5, 5.41) is 31.2. The summed E-state index contributed by atoms with van der Waals surface area (Å²) in [4.78, 5) is 1.15. The largest absolute Gasteiger partial charge is 0.477 e. The molecule has 1 aromatic carbocycles. The molecule has 4 nitrogen and oxygen atoms in total. The van der Waals surface area contributed by atoms with Gasteiger partial charge < -0.3 is 20.1 Å². The number of hydrogen-bond acceptors (Lipinski definition) is 6. The molecule has 1 saturated heterocycles. The van der Waals surface area contributed by atoms with Crippen molar-refractivity contribution in [3.8, 4) is 16.2 Å². The molecule has 1 fully saturated rings. The van der Waals surface area contributed by atoms with E-state index in [1.54, 1.807) is 11.3 Å². The number of thioether (sulfide) groups is 1. The number of aliphatic hydroxyl groups excluding tert-OH is 3. The first kappa shape index (κ1) is 14.9. The maximum absolute atomic E-state index is 9.97. The fraction of sp³-hybridized carbons (Fsp3) is 0.333. The lowest BCUT2D eigenvalue weighted by atomic mass is 10.1. The molecule has 0 saturated carbocycles. The first-order chi connectivity index (χ1) is 10.1. The molecule has 1 aliphatic rings. The van der Waals surface area contributed by atoms with E-state index in [2.05, 4.69) is 0 Å². The van der Waals surface area contributed by atoms with Crippen LogP contribution in [0.1, 0.15) is 0 Å². The van der Waals surface area contributed by atoms with Crippen molar-refractivity contribution in [2.75, 3.05) is 5.75 Å². The number of ether oxygens (including phenoxy) is 1. The van der Waals surface area contributed by atoms with E-state index in [-0.39, 0.29) is 0 Å². The maximum atomic E-state index is 9.97. The summed E-state index contributed by atoms with van der Waals surface area (Å²) in [7, 11) is 0. The Morgan fingerprint density at radius 2 is 1.90 bits per heavy atom. The van der Waals surface area contributed by atoms with E-state index in [0.29, 0.717) is 11.5 Å². The molecule has 0 aliphatic carbocycles.